The molecule has 0 saturated heterocycles. The van der Waals surface area contributed by atoms with Gasteiger partial charge in [-0.05, 0) is 18.9 Å². The molecule has 1 aromatic carbocycles. The summed E-state index contributed by atoms with van der Waals surface area (Å²) in [5, 5.41) is 6.16. The third-order valence-electron chi connectivity index (χ3n) is 3.13. The topological polar surface area (TPSA) is 82.6 Å². The highest BCUT2D eigenvalue weighted by Crippen LogP contribution is 1.98. The Labute approximate surface area is 163 Å². The van der Waals surface area contributed by atoms with Gasteiger partial charge in [-0.25, -0.2) is 13.1 Å². The first-order valence-electron chi connectivity index (χ1n) is 8.11. The molecule has 24 heavy (non-hydrogen) atoms. The maximum absolute atomic E-state index is 12.0. The summed E-state index contributed by atoms with van der Waals surface area (Å²) in [6.07, 6.45) is 2.11. The smallest absolute Gasteiger partial charge is 0.213 e. The number of hydrogen-bond donors (Lipinski definition) is 3. The van der Waals surface area contributed by atoms with Crippen molar-refractivity contribution >= 4 is 40.0 Å². The van der Waals surface area contributed by atoms with Crippen LogP contribution in [-0.4, -0.2) is 39.8 Å². The Morgan fingerprint density at radius 3 is 2.46 bits per heavy atom. The summed E-state index contributed by atoms with van der Waals surface area (Å²) < 4.78 is 26.6. The maximum atomic E-state index is 12.0. The molecule has 8 heteroatoms. The lowest BCUT2D eigenvalue weighted by Crippen LogP contribution is -2.41. The summed E-state index contributed by atoms with van der Waals surface area (Å²) in [6, 6.07) is 9.47. The minimum Gasteiger partial charge on any atom is -0.357 e. The standard InChI is InChI=1S/C16H28N4O2S.HI/c1-3-5-11-18-16(17-4-2)19-12-13-23(21,22)20-14-15-9-7-6-8-10-15;/h6-10,20H,3-5,11-14H2,1-2H3,(H2,17,18,19);1H. The molecule has 6 nitrogen and oxygen atoms in total. The minimum atomic E-state index is -3.31. The Morgan fingerprint density at radius 1 is 1.12 bits per heavy atom. The van der Waals surface area contributed by atoms with E-state index in [-0.39, 0.29) is 29.7 Å². The van der Waals surface area contributed by atoms with E-state index in [2.05, 4.69) is 27.3 Å². The fourth-order valence-electron chi connectivity index (χ4n) is 1.86. The second-order valence-corrected chi connectivity index (χ2v) is 7.09. The summed E-state index contributed by atoms with van der Waals surface area (Å²) in [6.45, 7) is 6.22. The zero-order valence-electron chi connectivity index (χ0n) is 14.4. The Hall–Kier alpha value is -0.870. The highest BCUT2D eigenvalue weighted by atomic mass is 127. The zero-order chi connectivity index (χ0) is 17.0. The molecule has 138 valence electrons. The van der Waals surface area contributed by atoms with Crippen LogP contribution in [0.15, 0.2) is 35.3 Å². The molecule has 0 saturated carbocycles. The van der Waals surface area contributed by atoms with Gasteiger partial charge in [0.25, 0.3) is 0 Å². The number of hydrogen-bond acceptors (Lipinski definition) is 3. The van der Waals surface area contributed by atoms with Crippen molar-refractivity contribution in [3.05, 3.63) is 35.9 Å². The number of unbranched alkanes of at least 4 members (excludes halogenated alkanes) is 1. The van der Waals surface area contributed by atoms with Gasteiger partial charge in [-0.2, -0.15) is 0 Å². The summed E-state index contributed by atoms with van der Waals surface area (Å²) >= 11 is 0. The van der Waals surface area contributed by atoms with Gasteiger partial charge in [0.1, 0.15) is 0 Å². The van der Waals surface area contributed by atoms with E-state index >= 15 is 0 Å². The lowest BCUT2D eigenvalue weighted by atomic mass is 10.2. The highest BCUT2D eigenvalue weighted by molar-refractivity contribution is 14.0. The van der Waals surface area contributed by atoms with Crippen molar-refractivity contribution in [1.82, 2.24) is 15.4 Å². The van der Waals surface area contributed by atoms with E-state index in [1.54, 1.807) is 0 Å². The summed E-state index contributed by atoms with van der Waals surface area (Å²) in [7, 11) is -3.31. The predicted molar refractivity (Wildman–Crippen MR) is 111 cm³/mol. The molecule has 0 aliphatic rings. The average Bonchev–Trinajstić information content (AvgIpc) is 2.54. The Balaban J connectivity index is 0.00000529. The number of rotatable bonds is 10. The largest absolute Gasteiger partial charge is 0.357 e. The summed E-state index contributed by atoms with van der Waals surface area (Å²) in [5.74, 6) is 0.678. The van der Waals surface area contributed by atoms with E-state index in [9.17, 15) is 8.42 Å². The molecule has 0 spiro atoms. The highest BCUT2D eigenvalue weighted by Gasteiger charge is 2.10. The normalized spacial score (nSPS) is 11.7. The van der Waals surface area contributed by atoms with Crippen LogP contribution >= 0.6 is 24.0 Å². The minimum absolute atomic E-state index is 0. The van der Waals surface area contributed by atoms with Crippen molar-refractivity contribution in [2.75, 3.05) is 25.4 Å². The summed E-state index contributed by atoms with van der Waals surface area (Å²) in [5.41, 5.74) is 0.943. The Kier molecular flexibility index (Phi) is 12.9. The first kappa shape index (κ1) is 23.1. The van der Waals surface area contributed by atoms with E-state index in [1.807, 2.05) is 37.3 Å². The molecule has 0 aromatic heterocycles. The number of sulfonamides is 1. The van der Waals surface area contributed by atoms with Gasteiger partial charge in [0.15, 0.2) is 5.96 Å². The van der Waals surface area contributed by atoms with E-state index in [0.717, 1.165) is 31.5 Å². The quantitative estimate of drug-likeness (QED) is 0.213. The van der Waals surface area contributed by atoms with Crippen molar-refractivity contribution in [3.63, 3.8) is 0 Å². The fraction of sp³-hybridized carbons (Fsp3) is 0.562. The van der Waals surface area contributed by atoms with E-state index in [1.165, 1.54) is 0 Å². The van der Waals surface area contributed by atoms with Crippen LogP contribution in [-0.2, 0) is 16.6 Å². The van der Waals surface area contributed by atoms with Gasteiger partial charge in [-0.1, -0.05) is 43.7 Å². The average molecular weight is 468 g/mol. The first-order chi connectivity index (χ1) is 11.1. The van der Waals surface area contributed by atoms with Crippen LogP contribution in [0, 0.1) is 0 Å². The second-order valence-electron chi connectivity index (χ2n) is 5.17. The molecule has 1 rings (SSSR count). The zero-order valence-corrected chi connectivity index (χ0v) is 17.6. The van der Waals surface area contributed by atoms with E-state index in [0.29, 0.717) is 19.0 Å². The molecule has 0 fully saturated rings. The maximum Gasteiger partial charge on any atom is 0.213 e. The number of nitrogens with one attached hydrogen (secondary N) is 3. The van der Waals surface area contributed by atoms with E-state index in [4.69, 9.17) is 0 Å². The predicted octanol–water partition coefficient (Wildman–Crippen LogP) is 2.08. The lowest BCUT2D eigenvalue weighted by molar-refractivity contribution is 0.580. The molecular formula is C16H29IN4O2S. The van der Waals surface area contributed by atoms with Crippen molar-refractivity contribution in [1.29, 1.82) is 0 Å². The van der Waals surface area contributed by atoms with Gasteiger partial charge < -0.3 is 10.6 Å². The number of aliphatic imine (C=N–C) groups is 1. The van der Waals surface area contributed by atoms with Crippen LogP contribution in [0.25, 0.3) is 0 Å². The van der Waals surface area contributed by atoms with Crippen molar-refractivity contribution in [2.45, 2.75) is 33.2 Å². The summed E-state index contributed by atoms with van der Waals surface area (Å²) in [4.78, 5) is 4.40. The molecule has 0 atom stereocenters. The number of halogens is 1. The van der Waals surface area contributed by atoms with Crippen LogP contribution < -0.4 is 15.4 Å². The van der Waals surface area contributed by atoms with Crippen LogP contribution in [0.2, 0.25) is 0 Å². The number of guanidine groups is 1. The molecule has 0 aliphatic carbocycles. The first-order valence-corrected chi connectivity index (χ1v) is 9.76. The van der Waals surface area contributed by atoms with Crippen LogP contribution in [0.4, 0.5) is 0 Å². The van der Waals surface area contributed by atoms with Gasteiger partial charge in [-0.3, -0.25) is 4.99 Å². The monoisotopic (exact) mass is 468 g/mol. The fourth-order valence-corrected chi connectivity index (χ4v) is 2.76. The third kappa shape index (κ3) is 10.8. The molecule has 0 amide bonds. The van der Waals surface area contributed by atoms with Gasteiger partial charge in [0.05, 0.1) is 5.75 Å². The third-order valence-corrected chi connectivity index (χ3v) is 4.45. The molecular weight excluding hydrogens is 439 g/mol. The molecule has 0 bridgehead atoms. The number of benzene rings is 1. The lowest BCUT2D eigenvalue weighted by Gasteiger charge is -2.12. The van der Waals surface area contributed by atoms with Crippen LogP contribution in [0.5, 0.6) is 0 Å². The SMILES string of the molecule is CCCCN=C(NCC)NCCS(=O)(=O)NCc1ccccc1.I. The second kappa shape index (κ2) is 13.4. The van der Waals surface area contributed by atoms with Crippen molar-refractivity contribution < 1.29 is 8.42 Å². The molecule has 0 aliphatic heterocycles. The van der Waals surface area contributed by atoms with Gasteiger partial charge >= 0.3 is 0 Å². The molecule has 0 heterocycles. The van der Waals surface area contributed by atoms with Gasteiger partial charge in [0.2, 0.25) is 10.0 Å². The van der Waals surface area contributed by atoms with Gasteiger partial charge in [0, 0.05) is 26.2 Å². The molecule has 0 radical (unpaired) electrons. The van der Waals surface area contributed by atoms with Crippen LogP contribution in [0.1, 0.15) is 32.3 Å². The van der Waals surface area contributed by atoms with Crippen molar-refractivity contribution in [2.24, 2.45) is 4.99 Å². The molecule has 0 unspecified atom stereocenters. The van der Waals surface area contributed by atoms with E-state index < -0.39 is 10.0 Å². The number of nitrogens with zero attached hydrogens (tertiary/aromatic N) is 1. The molecule has 3 N–H and O–H groups in total. The molecule has 1 aromatic rings. The van der Waals surface area contributed by atoms with Crippen LogP contribution in [0.3, 0.4) is 0 Å². The van der Waals surface area contributed by atoms with Gasteiger partial charge in [-0.15, -0.1) is 24.0 Å². The Bertz CT molecular complexity index is 565. The van der Waals surface area contributed by atoms with Crippen molar-refractivity contribution in [3.8, 4) is 0 Å². The Morgan fingerprint density at radius 2 is 1.83 bits per heavy atom.